The zero-order valence-corrected chi connectivity index (χ0v) is 27.7. The number of aliphatic hydroxyl groups is 3. The van der Waals surface area contributed by atoms with Crippen LogP contribution in [0.4, 0.5) is 0 Å². The monoisotopic (exact) mass is 624 g/mol. The molecule has 1 unspecified atom stereocenters. The lowest BCUT2D eigenvalue weighted by Gasteiger charge is -2.60. The molecule has 2 aromatic carbocycles. The molecule has 1 fully saturated rings. The SMILES string of the molecule is C#Cc1ccc(CCCc2cc(C(C)C)c3c(c2O)C(O)=C2C(=O)[C@@]4(O)C(O)=C(C(C)=O)C(=O)C(C(C)C)[C@@]4(C)C[C@@]2(C)C3)cc1. The van der Waals surface area contributed by atoms with Crippen LogP contribution in [0, 0.1) is 35.0 Å². The smallest absolute Gasteiger partial charge is 0.203 e. The molecular weight excluding hydrogens is 580 g/mol. The topological polar surface area (TPSA) is 132 Å². The second-order valence-electron chi connectivity index (χ2n) is 14.6. The van der Waals surface area contributed by atoms with E-state index in [-0.39, 0.29) is 41.6 Å². The molecule has 0 aliphatic heterocycles. The highest BCUT2D eigenvalue weighted by Crippen LogP contribution is 2.65. The number of rotatable bonds is 7. The Bertz CT molecular complexity index is 1770. The van der Waals surface area contributed by atoms with Crippen LogP contribution < -0.4 is 0 Å². The first-order chi connectivity index (χ1) is 21.4. The molecule has 4 atom stereocenters. The number of ketones is 3. The molecular formula is C39H44O7. The van der Waals surface area contributed by atoms with E-state index in [1.54, 1.807) is 20.8 Å². The molecule has 2 aromatic rings. The number of Topliss-reactive ketones (excluding diaryl/α,β-unsaturated/α-hetero) is 3. The van der Waals surface area contributed by atoms with E-state index in [9.17, 15) is 34.8 Å². The highest BCUT2D eigenvalue weighted by atomic mass is 16.3. The van der Waals surface area contributed by atoms with Crippen molar-refractivity contribution in [2.75, 3.05) is 0 Å². The van der Waals surface area contributed by atoms with Crippen molar-refractivity contribution in [3.63, 3.8) is 0 Å². The molecule has 0 aromatic heterocycles. The van der Waals surface area contributed by atoms with Crippen LogP contribution in [-0.2, 0) is 33.6 Å². The van der Waals surface area contributed by atoms with Gasteiger partial charge in [0, 0.05) is 27.9 Å². The lowest BCUT2D eigenvalue weighted by Crippen LogP contribution is -2.69. The summed E-state index contributed by atoms with van der Waals surface area (Å²) in [6, 6.07) is 9.73. The van der Waals surface area contributed by atoms with E-state index in [0.29, 0.717) is 18.4 Å². The number of fused-ring (bicyclic) bond motifs is 3. The van der Waals surface area contributed by atoms with E-state index >= 15 is 0 Å². The summed E-state index contributed by atoms with van der Waals surface area (Å²) in [7, 11) is 0. The Balaban J connectivity index is 1.66. The molecule has 1 saturated carbocycles. The number of aromatic hydroxyl groups is 1. The van der Waals surface area contributed by atoms with Crippen molar-refractivity contribution in [1.29, 1.82) is 0 Å². The summed E-state index contributed by atoms with van der Waals surface area (Å²) < 4.78 is 0. The number of benzene rings is 2. The second kappa shape index (κ2) is 11.3. The predicted molar refractivity (Wildman–Crippen MR) is 176 cm³/mol. The molecule has 3 aliphatic carbocycles. The van der Waals surface area contributed by atoms with Crippen LogP contribution in [0.5, 0.6) is 5.75 Å². The number of phenolic OH excluding ortho intramolecular Hbond substituents is 1. The van der Waals surface area contributed by atoms with Gasteiger partial charge in [-0.3, -0.25) is 14.4 Å². The molecule has 5 rings (SSSR count). The van der Waals surface area contributed by atoms with Gasteiger partial charge in [-0.2, -0.15) is 0 Å². The number of phenols is 1. The van der Waals surface area contributed by atoms with Crippen LogP contribution in [0.2, 0.25) is 0 Å². The van der Waals surface area contributed by atoms with Gasteiger partial charge in [0.05, 0.1) is 5.56 Å². The quantitative estimate of drug-likeness (QED) is 0.205. The van der Waals surface area contributed by atoms with Crippen molar-refractivity contribution >= 4 is 23.1 Å². The molecule has 46 heavy (non-hydrogen) atoms. The maximum atomic E-state index is 14.6. The van der Waals surface area contributed by atoms with Gasteiger partial charge in [0.15, 0.2) is 17.2 Å². The van der Waals surface area contributed by atoms with Crippen LogP contribution in [0.25, 0.3) is 5.76 Å². The number of aliphatic hydroxyl groups excluding tert-OH is 2. The van der Waals surface area contributed by atoms with Crippen molar-refractivity contribution in [2.45, 2.75) is 92.1 Å². The third-order valence-electron chi connectivity index (χ3n) is 10.8. The van der Waals surface area contributed by atoms with Gasteiger partial charge in [0.1, 0.15) is 22.8 Å². The summed E-state index contributed by atoms with van der Waals surface area (Å²) in [5.74, 6) is -2.48. The first-order valence-corrected chi connectivity index (χ1v) is 16.1. The fourth-order valence-corrected chi connectivity index (χ4v) is 8.83. The van der Waals surface area contributed by atoms with E-state index in [4.69, 9.17) is 6.42 Å². The van der Waals surface area contributed by atoms with Crippen LogP contribution in [0.15, 0.2) is 47.2 Å². The minimum Gasteiger partial charge on any atom is -0.508 e. The summed E-state index contributed by atoms with van der Waals surface area (Å²) in [4.78, 5) is 40.9. The van der Waals surface area contributed by atoms with Crippen molar-refractivity contribution in [3.05, 3.63) is 80.6 Å². The Hall–Kier alpha value is -4.15. The molecule has 4 N–H and O–H groups in total. The van der Waals surface area contributed by atoms with Gasteiger partial charge >= 0.3 is 0 Å². The van der Waals surface area contributed by atoms with Gasteiger partial charge in [-0.25, -0.2) is 0 Å². The number of hydrogen-bond donors (Lipinski definition) is 4. The molecule has 0 amide bonds. The fraction of sp³-hybridized carbons (Fsp3) is 0.462. The van der Waals surface area contributed by atoms with Gasteiger partial charge in [-0.05, 0) is 85.3 Å². The average Bonchev–Trinajstić information content (AvgIpc) is 2.95. The highest BCUT2D eigenvalue weighted by molar-refractivity contribution is 6.24. The molecule has 3 aliphatic rings. The zero-order valence-electron chi connectivity index (χ0n) is 27.7. The van der Waals surface area contributed by atoms with Gasteiger partial charge in [-0.15, -0.1) is 6.42 Å². The Morgan fingerprint density at radius 1 is 1.04 bits per heavy atom. The Morgan fingerprint density at radius 2 is 1.67 bits per heavy atom. The summed E-state index contributed by atoms with van der Waals surface area (Å²) in [5, 5.41) is 47.3. The molecule has 7 nitrogen and oxygen atoms in total. The minimum absolute atomic E-state index is 0.0268. The minimum atomic E-state index is -2.62. The zero-order chi connectivity index (χ0) is 34.1. The summed E-state index contributed by atoms with van der Waals surface area (Å²) in [5.41, 5.74) is -1.47. The molecule has 7 heteroatoms. The van der Waals surface area contributed by atoms with Crippen LogP contribution in [0.3, 0.4) is 0 Å². The molecule has 0 heterocycles. The van der Waals surface area contributed by atoms with E-state index in [1.807, 2.05) is 51.1 Å². The van der Waals surface area contributed by atoms with Crippen LogP contribution in [0.1, 0.15) is 101 Å². The van der Waals surface area contributed by atoms with E-state index in [0.717, 1.165) is 35.6 Å². The number of carbonyl (C=O) groups excluding carboxylic acids is 3. The lowest BCUT2D eigenvalue weighted by molar-refractivity contribution is -0.178. The first-order valence-electron chi connectivity index (χ1n) is 16.1. The highest BCUT2D eigenvalue weighted by Gasteiger charge is 2.72. The van der Waals surface area contributed by atoms with Gasteiger partial charge in [0.25, 0.3) is 0 Å². The van der Waals surface area contributed by atoms with Crippen molar-refractivity contribution in [3.8, 4) is 18.1 Å². The Morgan fingerprint density at radius 3 is 2.22 bits per heavy atom. The normalized spacial score (nSPS) is 27.5. The predicted octanol–water partition coefficient (Wildman–Crippen LogP) is 6.47. The second-order valence-corrected chi connectivity index (χ2v) is 14.6. The van der Waals surface area contributed by atoms with E-state index < -0.39 is 56.8 Å². The lowest BCUT2D eigenvalue weighted by atomic mass is 9.43. The van der Waals surface area contributed by atoms with Gasteiger partial charge < -0.3 is 20.4 Å². The maximum Gasteiger partial charge on any atom is 0.203 e. The van der Waals surface area contributed by atoms with Crippen LogP contribution in [-0.4, -0.2) is 43.4 Å². The molecule has 0 radical (unpaired) electrons. The third kappa shape index (κ3) is 4.64. The van der Waals surface area contributed by atoms with Gasteiger partial charge in [-0.1, -0.05) is 65.7 Å². The van der Waals surface area contributed by atoms with E-state index in [2.05, 4.69) is 5.92 Å². The molecule has 0 saturated heterocycles. The third-order valence-corrected chi connectivity index (χ3v) is 10.8. The number of hydrogen-bond acceptors (Lipinski definition) is 7. The summed E-state index contributed by atoms with van der Waals surface area (Å²) in [6.45, 7) is 12.2. The summed E-state index contributed by atoms with van der Waals surface area (Å²) in [6.07, 6.45) is 7.78. The largest absolute Gasteiger partial charge is 0.508 e. The standard InChI is InChI=1S/C39H44O7/c1-9-23-13-15-24(16-14-23)11-10-12-25-17-26(20(2)3)27-18-37(7)19-38(8)30(21(4)5)33(42)28(22(6)40)35(44)39(38,46)36(45)31(37)34(43)29(27)32(25)41/h1,13-17,20-21,30,41,43-44,46H,10-12,18-19H2,2-8H3/t30?,37-,38-,39+/m1/s1. The molecule has 242 valence electrons. The van der Waals surface area contributed by atoms with Gasteiger partial charge in [0.2, 0.25) is 5.78 Å². The molecule has 0 bridgehead atoms. The number of terminal acetylenes is 1. The van der Waals surface area contributed by atoms with Crippen molar-refractivity contribution in [1.82, 2.24) is 0 Å². The average molecular weight is 625 g/mol. The maximum absolute atomic E-state index is 14.6. The number of aryl methyl sites for hydroxylation is 2. The fourth-order valence-electron chi connectivity index (χ4n) is 8.83. The first kappa shape index (κ1) is 33.2. The van der Waals surface area contributed by atoms with Crippen molar-refractivity contribution < 1.29 is 34.8 Å². The van der Waals surface area contributed by atoms with E-state index in [1.165, 1.54) is 0 Å². The summed E-state index contributed by atoms with van der Waals surface area (Å²) >= 11 is 0. The Labute approximate surface area is 271 Å². The molecule has 0 spiro atoms. The van der Waals surface area contributed by atoms with Crippen LogP contribution >= 0.6 is 0 Å². The number of carbonyl (C=O) groups is 3. The number of allylic oxidation sites excluding steroid dienone is 1. The van der Waals surface area contributed by atoms with Crippen molar-refractivity contribution in [2.24, 2.45) is 22.7 Å². The Kier molecular flexibility index (Phi) is 8.14.